The molecule has 0 bridgehead atoms. The van der Waals surface area contributed by atoms with Gasteiger partial charge < -0.3 is 10.1 Å². The Balaban J connectivity index is 1.95. The second-order valence-corrected chi connectivity index (χ2v) is 7.55. The number of sulfonamides is 1. The summed E-state index contributed by atoms with van der Waals surface area (Å²) in [7, 11) is -3.04. The van der Waals surface area contributed by atoms with Gasteiger partial charge in [0.25, 0.3) is 0 Å². The minimum atomic E-state index is -3.04. The van der Waals surface area contributed by atoms with Crippen molar-refractivity contribution in [3.8, 4) is 0 Å². The van der Waals surface area contributed by atoms with Crippen molar-refractivity contribution in [2.45, 2.75) is 44.8 Å². The molecule has 5 nitrogen and oxygen atoms in total. The Morgan fingerprint density at radius 2 is 2.06 bits per heavy atom. The quantitative estimate of drug-likeness (QED) is 0.819. The van der Waals surface area contributed by atoms with Crippen molar-refractivity contribution in [2.24, 2.45) is 0 Å². The van der Waals surface area contributed by atoms with Gasteiger partial charge in [-0.15, -0.1) is 0 Å². The van der Waals surface area contributed by atoms with E-state index >= 15 is 0 Å². The van der Waals surface area contributed by atoms with Crippen LogP contribution in [0.15, 0.2) is 0 Å². The van der Waals surface area contributed by atoms with E-state index in [0.29, 0.717) is 19.5 Å². The molecule has 1 atom stereocenters. The molecule has 0 aromatic heterocycles. The Labute approximate surface area is 110 Å². The Hall–Kier alpha value is -0.170. The highest BCUT2D eigenvalue weighted by Gasteiger charge is 2.41. The third kappa shape index (κ3) is 3.04. The highest BCUT2D eigenvalue weighted by atomic mass is 32.2. The molecule has 18 heavy (non-hydrogen) atoms. The molecule has 2 aliphatic rings. The van der Waals surface area contributed by atoms with Gasteiger partial charge in [-0.05, 0) is 26.2 Å². The molecule has 1 N–H and O–H groups in total. The summed E-state index contributed by atoms with van der Waals surface area (Å²) in [5, 5.41) is 3.38. The lowest BCUT2D eigenvalue weighted by molar-refractivity contribution is -0.129. The van der Waals surface area contributed by atoms with Gasteiger partial charge in [0.1, 0.15) is 0 Å². The van der Waals surface area contributed by atoms with Crippen LogP contribution in [0.1, 0.15) is 33.1 Å². The van der Waals surface area contributed by atoms with E-state index in [1.165, 1.54) is 0 Å². The minimum absolute atomic E-state index is 0.143. The minimum Gasteiger partial charge on any atom is -0.369 e. The number of rotatable bonds is 3. The van der Waals surface area contributed by atoms with E-state index in [4.69, 9.17) is 4.74 Å². The first-order valence-corrected chi connectivity index (χ1v) is 8.45. The van der Waals surface area contributed by atoms with Crippen LogP contribution >= 0.6 is 0 Å². The van der Waals surface area contributed by atoms with Crippen LogP contribution < -0.4 is 5.32 Å². The van der Waals surface area contributed by atoms with Gasteiger partial charge in [-0.3, -0.25) is 0 Å². The van der Waals surface area contributed by atoms with Crippen LogP contribution in [0.3, 0.4) is 0 Å². The summed E-state index contributed by atoms with van der Waals surface area (Å²) in [6, 6.07) is 0. The highest BCUT2D eigenvalue weighted by molar-refractivity contribution is 7.89. The van der Waals surface area contributed by atoms with Gasteiger partial charge in [-0.2, -0.15) is 0 Å². The Bertz CT molecular complexity index is 375. The van der Waals surface area contributed by atoms with Crippen molar-refractivity contribution in [1.82, 2.24) is 9.62 Å². The summed E-state index contributed by atoms with van der Waals surface area (Å²) in [6.07, 6.45) is 2.50. The maximum Gasteiger partial charge on any atom is 0.214 e. The monoisotopic (exact) mass is 276 g/mol. The van der Waals surface area contributed by atoms with Gasteiger partial charge in [0.2, 0.25) is 10.0 Å². The molecule has 0 aromatic carbocycles. The summed E-state index contributed by atoms with van der Waals surface area (Å²) in [4.78, 5) is 0. The fourth-order valence-electron chi connectivity index (χ4n) is 2.87. The van der Waals surface area contributed by atoms with Crippen molar-refractivity contribution < 1.29 is 13.2 Å². The van der Waals surface area contributed by atoms with Crippen LogP contribution in [0.2, 0.25) is 0 Å². The molecule has 0 amide bonds. The van der Waals surface area contributed by atoms with E-state index < -0.39 is 10.0 Å². The number of nitrogens with zero attached hydrogens (tertiary/aromatic N) is 1. The molecule has 106 valence electrons. The molecule has 2 aliphatic heterocycles. The van der Waals surface area contributed by atoms with Gasteiger partial charge in [0, 0.05) is 26.2 Å². The number of morpholine rings is 1. The van der Waals surface area contributed by atoms with Crippen molar-refractivity contribution in [3.63, 3.8) is 0 Å². The third-order valence-electron chi connectivity index (χ3n) is 3.82. The lowest BCUT2D eigenvalue weighted by Gasteiger charge is -2.45. The normalized spacial score (nSPS) is 29.6. The van der Waals surface area contributed by atoms with E-state index in [2.05, 4.69) is 12.2 Å². The summed E-state index contributed by atoms with van der Waals surface area (Å²) >= 11 is 0. The van der Waals surface area contributed by atoms with Crippen LogP contribution in [0.25, 0.3) is 0 Å². The summed E-state index contributed by atoms with van der Waals surface area (Å²) < 4.78 is 31.7. The zero-order chi connectivity index (χ0) is 13.2. The number of hydrogen-bond donors (Lipinski definition) is 1. The molecular formula is C12H24N2O3S. The number of nitrogens with one attached hydrogen (secondary N) is 1. The van der Waals surface area contributed by atoms with Crippen LogP contribution in [0, 0.1) is 0 Å². The van der Waals surface area contributed by atoms with Crippen LogP contribution in [0.5, 0.6) is 0 Å². The molecule has 0 saturated carbocycles. The predicted octanol–water partition coefficient (Wildman–Crippen LogP) is 0.569. The number of hydrogen-bond acceptors (Lipinski definition) is 4. The third-order valence-corrected chi connectivity index (χ3v) is 5.90. The first kappa shape index (κ1) is 14.2. The molecule has 0 aliphatic carbocycles. The van der Waals surface area contributed by atoms with E-state index in [-0.39, 0.29) is 17.5 Å². The Morgan fingerprint density at radius 3 is 2.61 bits per heavy atom. The average molecular weight is 276 g/mol. The lowest BCUT2D eigenvalue weighted by Crippen LogP contribution is -2.58. The average Bonchev–Trinajstić information content (AvgIpc) is 2.29. The van der Waals surface area contributed by atoms with Gasteiger partial charge in [0.15, 0.2) is 0 Å². The van der Waals surface area contributed by atoms with E-state index in [1.54, 1.807) is 4.31 Å². The van der Waals surface area contributed by atoms with Crippen LogP contribution in [-0.2, 0) is 14.8 Å². The second-order valence-electron chi connectivity index (χ2n) is 5.46. The van der Waals surface area contributed by atoms with Gasteiger partial charge in [-0.25, -0.2) is 12.7 Å². The van der Waals surface area contributed by atoms with Gasteiger partial charge in [-0.1, -0.05) is 6.92 Å². The van der Waals surface area contributed by atoms with Gasteiger partial charge in [0.05, 0.1) is 17.5 Å². The molecular weight excluding hydrogens is 252 g/mol. The molecule has 2 rings (SSSR count). The molecule has 2 fully saturated rings. The Kier molecular flexibility index (Phi) is 4.31. The first-order valence-electron chi connectivity index (χ1n) is 6.84. The SMILES string of the molecule is CCCS(=O)(=O)N1CCC2(CC1)CNCC(C)O2. The summed E-state index contributed by atoms with van der Waals surface area (Å²) in [5.74, 6) is 0.259. The zero-order valence-corrected chi connectivity index (χ0v) is 12.1. The standard InChI is InChI=1S/C12H24N2O3S/c1-3-8-18(15,16)14-6-4-12(5-7-14)10-13-9-11(2)17-12/h11,13H,3-10H2,1-2H3. The summed E-state index contributed by atoms with van der Waals surface area (Å²) in [5.41, 5.74) is -0.143. The maximum absolute atomic E-state index is 12.0. The maximum atomic E-state index is 12.0. The number of piperidine rings is 1. The van der Waals surface area contributed by atoms with Crippen LogP contribution in [-0.4, -0.2) is 56.4 Å². The fourth-order valence-corrected chi connectivity index (χ4v) is 4.38. The lowest BCUT2D eigenvalue weighted by atomic mass is 9.90. The molecule has 0 aromatic rings. The Morgan fingerprint density at radius 1 is 1.39 bits per heavy atom. The molecule has 1 spiro atoms. The molecule has 0 radical (unpaired) electrons. The van der Waals surface area contributed by atoms with Crippen molar-refractivity contribution >= 4 is 10.0 Å². The molecule has 6 heteroatoms. The smallest absolute Gasteiger partial charge is 0.214 e. The zero-order valence-electron chi connectivity index (χ0n) is 11.3. The van der Waals surface area contributed by atoms with E-state index in [9.17, 15) is 8.42 Å². The van der Waals surface area contributed by atoms with Crippen molar-refractivity contribution in [1.29, 1.82) is 0 Å². The van der Waals surface area contributed by atoms with Crippen molar-refractivity contribution in [3.05, 3.63) is 0 Å². The predicted molar refractivity (Wildman–Crippen MR) is 71.0 cm³/mol. The first-order chi connectivity index (χ1) is 8.47. The molecule has 1 unspecified atom stereocenters. The largest absolute Gasteiger partial charge is 0.369 e. The topological polar surface area (TPSA) is 58.6 Å². The number of ether oxygens (including phenoxy) is 1. The summed E-state index contributed by atoms with van der Waals surface area (Å²) in [6.45, 7) is 6.89. The fraction of sp³-hybridized carbons (Fsp3) is 1.00. The van der Waals surface area contributed by atoms with Crippen molar-refractivity contribution in [2.75, 3.05) is 31.9 Å². The highest BCUT2D eigenvalue weighted by Crippen LogP contribution is 2.30. The van der Waals surface area contributed by atoms with Crippen LogP contribution in [0.4, 0.5) is 0 Å². The van der Waals surface area contributed by atoms with E-state index in [0.717, 1.165) is 25.9 Å². The van der Waals surface area contributed by atoms with E-state index in [1.807, 2.05) is 6.92 Å². The second kappa shape index (κ2) is 5.45. The molecule has 2 saturated heterocycles. The molecule has 2 heterocycles. The van der Waals surface area contributed by atoms with Gasteiger partial charge >= 0.3 is 0 Å².